The second-order valence-corrected chi connectivity index (χ2v) is 6.43. The van der Waals surface area contributed by atoms with E-state index in [4.69, 9.17) is 9.47 Å². The summed E-state index contributed by atoms with van der Waals surface area (Å²) in [5, 5.41) is 0. The van der Waals surface area contributed by atoms with E-state index in [9.17, 15) is 0 Å². The smallest absolute Gasteiger partial charge is 0.166 e. The van der Waals surface area contributed by atoms with E-state index in [-0.39, 0.29) is 0 Å². The molecular formula is C20H29N3O2+2. The van der Waals surface area contributed by atoms with Gasteiger partial charge in [-0.2, -0.15) is 0 Å². The van der Waals surface area contributed by atoms with Gasteiger partial charge < -0.3 is 25.0 Å². The van der Waals surface area contributed by atoms with Crippen LogP contribution in [0.15, 0.2) is 48.5 Å². The molecular weight excluding hydrogens is 314 g/mol. The number of quaternary nitrogens is 2. The molecule has 1 aliphatic heterocycles. The van der Waals surface area contributed by atoms with Gasteiger partial charge in [0.15, 0.2) is 6.04 Å². The van der Waals surface area contributed by atoms with Crippen LogP contribution in [0, 0.1) is 0 Å². The Morgan fingerprint density at radius 1 is 1.00 bits per heavy atom. The molecule has 5 nitrogen and oxygen atoms in total. The number of rotatable bonds is 6. The first kappa shape index (κ1) is 17.6. The van der Waals surface area contributed by atoms with E-state index in [1.807, 2.05) is 24.3 Å². The zero-order chi connectivity index (χ0) is 17.6. The summed E-state index contributed by atoms with van der Waals surface area (Å²) in [4.78, 5) is 4.04. The molecule has 0 unspecified atom stereocenters. The first-order valence-electron chi connectivity index (χ1n) is 8.92. The molecule has 5 heteroatoms. The van der Waals surface area contributed by atoms with Crippen molar-refractivity contribution in [3.8, 4) is 11.5 Å². The maximum atomic E-state index is 5.57. The maximum absolute atomic E-state index is 5.57. The molecule has 0 saturated carbocycles. The summed E-state index contributed by atoms with van der Waals surface area (Å²) >= 11 is 0. The van der Waals surface area contributed by atoms with Gasteiger partial charge in [0.25, 0.3) is 0 Å². The van der Waals surface area contributed by atoms with E-state index in [0.717, 1.165) is 44.2 Å². The van der Waals surface area contributed by atoms with Gasteiger partial charge >= 0.3 is 0 Å². The van der Waals surface area contributed by atoms with Crippen LogP contribution < -0.4 is 25.0 Å². The molecule has 0 spiro atoms. The highest BCUT2D eigenvalue weighted by Gasteiger charge is 2.30. The van der Waals surface area contributed by atoms with Crippen LogP contribution in [0.1, 0.15) is 11.6 Å². The van der Waals surface area contributed by atoms with E-state index >= 15 is 0 Å². The molecule has 2 aromatic rings. The minimum absolute atomic E-state index is 0.383. The van der Waals surface area contributed by atoms with Crippen LogP contribution >= 0.6 is 0 Å². The average Bonchev–Trinajstić information content (AvgIpc) is 2.69. The van der Waals surface area contributed by atoms with Crippen LogP contribution in [-0.4, -0.2) is 46.9 Å². The number of methoxy groups -OCH3 is 2. The number of para-hydroxylation sites is 1. The number of hydrogen-bond donors (Lipinski definition) is 2. The molecule has 0 bridgehead atoms. The number of nitrogens with zero attached hydrogens (tertiary/aromatic N) is 1. The third-order valence-electron chi connectivity index (χ3n) is 5.14. The summed E-state index contributed by atoms with van der Waals surface area (Å²) < 4.78 is 10.8. The van der Waals surface area contributed by atoms with E-state index in [1.165, 1.54) is 11.3 Å². The number of anilines is 1. The number of benzene rings is 2. The van der Waals surface area contributed by atoms with Crippen molar-refractivity contribution in [1.29, 1.82) is 0 Å². The van der Waals surface area contributed by atoms with Crippen molar-refractivity contribution in [3.05, 3.63) is 54.1 Å². The lowest BCUT2D eigenvalue weighted by atomic mass is 10.0. The molecule has 134 valence electrons. The van der Waals surface area contributed by atoms with Crippen LogP contribution in [0.2, 0.25) is 0 Å². The molecule has 1 saturated heterocycles. The first-order chi connectivity index (χ1) is 12.3. The lowest BCUT2D eigenvalue weighted by molar-refractivity contribution is -0.938. The van der Waals surface area contributed by atoms with Gasteiger partial charge in [-0.1, -0.05) is 12.1 Å². The third kappa shape index (κ3) is 3.89. The Balaban J connectivity index is 1.67. The Morgan fingerprint density at radius 3 is 2.28 bits per heavy atom. The largest absolute Gasteiger partial charge is 0.497 e. The van der Waals surface area contributed by atoms with Gasteiger partial charge in [-0.3, -0.25) is 0 Å². The predicted octanol–water partition coefficient (Wildman–Crippen LogP) is 0.392. The summed E-state index contributed by atoms with van der Waals surface area (Å²) in [6.07, 6.45) is 0. The van der Waals surface area contributed by atoms with Gasteiger partial charge in [0, 0.05) is 5.69 Å². The molecule has 0 aromatic heterocycles. The summed E-state index contributed by atoms with van der Waals surface area (Å²) in [7, 11) is 3.45. The Kier molecular flexibility index (Phi) is 5.79. The van der Waals surface area contributed by atoms with E-state index in [1.54, 1.807) is 19.1 Å². The van der Waals surface area contributed by atoms with E-state index in [2.05, 4.69) is 34.9 Å². The zero-order valence-electron chi connectivity index (χ0n) is 15.2. The van der Waals surface area contributed by atoms with Crippen LogP contribution in [-0.2, 0) is 0 Å². The molecule has 0 amide bonds. The number of ether oxygens (including phenoxy) is 2. The number of nitrogens with one attached hydrogen (secondary N) is 1. The van der Waals surface area contributed by atoms with Crippen molar-refractivity contribution in [1.82, 2.24) is 0 Å². The first-order valence-corrected chi connectivity index (χ1v) is 8.92. The summed E-state index contributed by atoms with van der Waals surface area (Å²) in [6, 6.07) is 17.1. The van der Waals surface area contributed by atoms with Crippen molar-refractivity contribution in [2.24, 2.45) is 0 Å². The van der Waals surface area contributed by atoms with Gasteiger partial charge in [0.1, 0.15) is 18.0 Å². The van der Waals surface area contributed by atoms with Crippen molar-refractivity contribution in [3.63, 3.8) is 0 Å². The molecule has 1 fully saturated rings. The predicted molar refractivity (Wildman–Crippen MR) is 99.4 cm³/mol. The molecule has 1 heterocycles. The fraction of sp³-hybridized carbons (Fsp3) is 0.400. The zero-order valence-corrected chi connectivity index (χ0v) is 15.2. The summed E-state index contributed by atoms with van der Waals surface area (Å²) in [5.41, 5.74) is 6.74. The molecule has 2 aromatic carbocycles. The number of piperazine rings is 1. The van der Waals surface area contributed by atoms with Gasteiger partial charge in [-0.15, -0.1) is 0 Å². The second kappa shape index (κ2) is 8.23. The quantitative estimate of drug-likeness (QED) is 0.798. The summed E-state index contributed by atoms with van der Waals surface area (Å²) in [6.45, 7) is 5.17. The van der Waals surface area contributed by atoms with Gasteiger partial charge in [-0.05, 0) is 36.4 Å². The normalized spacial score (nSPS) is 16.5. The molecule has 3 rings (SSSR count). The molecule has 25 heavy (non-hydrogen) atoms. The van der Waals surface area contributed by atoms with Crippen molar-refractivity contribution < 1.29 is 20.1 Å². The molecule has 0 aliphatic carbocycles. The van der Waals surface area contributed by atoms with Crippen LogP contribution in [0.5, 0.6) is 11.5 Å². The van der Waals surface area contributed by atoms with Gasteiger partial charge in [0.05, 0.1) is 46.0 Å². The molecule has 4 N–H and O–H groups in total. The van der Waals surface area contributed by atoms with Gasteiger partial charge in [-0.25, -0.2) is 0 Å². The average molecular weight is 343 g/mol. The highest BCUT2D eigenvalue weighted by atomic mass is 16.5. The van der Waals surface area contributed by atoms with Crippen molar-refractivity contribution in [2.75, 3.05) is 51.8 Å². The molecule has 0 radical (unpaired) electrons. The van der Waals surface area contributed by atoms with Crippen LogP contribution in [0.4, 0.5) is 5.69 Å². The minimum atomic E-state index is 0.383. The van der Waals surface area contributed by atoms with E-state index < -0.39 is 0 Å². The lowest BCUT2D eigenvalue weighted by Crippen LogP contribution is -3.16. The monoisotopic (exact) mass is 343 g/mol. The topological polar surface area (TPSA) is 53.8 Å². The molecule has 1 atom stereocenters. The van der Waals surface area contributed by atoms with Crippen molar-refractivity contribution >= 4 is 5.69 Å². The van der Waals surface area contributed by atoms with E-state index in [0.29, 0.717) is 6.04 Å². The standard InChI is InChI=1S/C20H27N3O2/c1-24-17-9-7-16(8-10-17)22-11-13-23(14-12-22)19(15-21)18-5-3-4-6-20(18)25-2/h3-10,19H,11-15,21H2,1-2H3/p+2/t19-/m0/s1. The van der Waals surface area contributed by atoms with Gasteiger partial charge in [0.2, 0.25) is 0 Å². The lowest BCUT2D eigenvalue weighted by Gasteiger charge is -2.37. The fourth-order valence-corrected chi connectivity index (χ4v) is 3.73. The van der Waals surface area contributed by atoms with Crippen LogP contribution in [0.25, 0.3) is 0 Å². The second-order valence-electron chi connectivity index (χ2n) is 6.43. The summed E-state index contributed by atoms with van der Waals surface area (Å²) in [5.74, 6) is 1.88. The minimum Gasteiger partial charge on any atom is -0.497 e. The Morgan fingerprint density at radius 2 is 1.68 bits per heavy atom. The highest BCUT2D eigenvalue weighted by Crippen LogP contribution is 2.23. The Hall–Kier alpha value is -2.24. The van der Waals surface area contributed by atoms with Crippen molar-refractivity contribution in [2.45, 2.75) is 6.04 Å². The maximum Gasteiger partial charge on any atom is 0.166 e. The Bertz CT molecular complexity index is 667. The molecule has 1 aliphatic rings. The van der Waals surface area contributed by atoms with Crippen LogP contribution in [0.3, 0.4) is 0 Å². The highest BCUT2D eigenvalue weighted by molar-refractivity contribution is 5.49. The Labute approximate surface area is 149 Å². The third-order valence-corrected chi connectivity index (χ3v) is 5.14. The number of hydrogen-bond acceptors (Lipinski definition) is 3. The fourth-order valence-electron chi connectivity index (χ4n) is 3.73. The SMILES string of the molecule is COc1ccc(N2CC[NH+]([C@@H](C[NH3+])c3ccccc3OC)CC2)cc1.